The summed E-state index contributed by atoms with van der Waals surface area (Å²) >= 11 is 6.09. The zero-order chi connectivity index (χ0) is 33.2. The van der Waals surface area contributed by atoms with Gasteiger partial charge in [-0.05, 0) is 63.9 Å². The fraction of sp³-hybridized carbons (Fsp3) is 0.500. The quantitative estimate of drug-likeness (QED) is 0.344. The second-order valence-electron chi connectivity index (χ2n) is 12.4. The van der Waals surface area contributed by atoms with Crippen LogP contribution in [-0.2, 0) is 22.2 Å². The highest BCUT2D eigenvalue weighted by atomic mass is 35.5. The molecule has 46 heavy (non-hydrogen) atoms. The number of H-pyrrole nitrogens is 1. The van der Waals surface area contributed by atoms with Gasteiger partial charge in [-0.3, -0.25) is 14.6 Å². The standard InChI is InChI=1S/C32H39ClF3N7O3/c1-40(2)23-8-14-42(15-9-23)30(45)22(16-20-17-25(32(34,35)36)28(37)26(33)18-20)19-27(44)41-12-10-24(11-13-41)43-31(46)38-29(39-43)21-6-4-3-5-7-21/h3-7,17-18,22-24H,8-16,19,37H2,1-2H3,(H,38,39,46)/t22-/m0/s1. The van der Waals surface area contributed by atoms with Crippen LogP contribution in [0.25, 0.3) is 11.4 Å². The number of aromatic amines is 1. The van der Waals surface area contributed by atoms with E-state index in [1.165, 1.54) is 10.7 Å². The number of amides is 2. The Balaban J connectivity index is 1.30. The van der Waals surface area contributed by atoms with Crippen molar-refractivity contribution in [1.82, 2.24) is 29.5 Å². The molecular formula is C32H39ClF3N7O3. The molecule has 2 amide bonds. The van der Waals surface area contributed by atoms with Crippen molar-refractivity contribution in [2.75, 3.05) is 46.0 Å². The van der Waals surface area contributed by atoms with Crippen molar-refractivity contribution < 1.29 is 22.8 Å². The van der Waals surface area contributed by atoms with Crippen LogP contribution in [0, 0.1) is 5.92 Å². The Labute approximate surface area is 270 Å². The molecule has 2 aromatic carbocycles. The van der Waals surface area contributed by atoms with Crippen LogP contribution in [-0.4, -0.2) is 87.6 Å². The molecule has 3 aromatic rings. The lowest BCUT2D eigenvalue weighted by molar-refractivity contribution is -0.143. The number of anilines is 1. The van der Waals surface area contributed by atoms with E-state index in [4.69, 9.17) is 17.3 Å². The number of nitrogens with zero attached hydrogens (tertiary/aromatic N) is 5. The van der Waals surface area contributed by atoms with E-state index >= 15 is 0 Å². The number of alkyl halides is 3. The van der Waals surface area contributed by atoms with E-state index < -0.39 is 23.3 Å². The smallest absolute Gasteiger partial charge is 0.397 e. The second-order valence-corrected chi connectivity index (χ2v) is 12.8. The van der Waals surface area contributed by atoms with Crippen LogP contribution in [0.5, 0.6) is 0 Å². The first kappa shape index (κ1) is 33.5. The van der Waals surface area contributed by atoms with Gasteiger partial charge in [-0.15, -0.1) is 5.10 Å². The van der Waals surface area contributed by atoms with Crippen LogP contribution in [0.4, 0.5) is 18.9 Å². The number of benzene rings is 2. The maximum atomic E-state index is 13.8. The number of nitrogens with one attached hydrogen (secondary N) is 1. The molecule has 14 heteroatoms. The van der Waals surface area contributed by atoms with Gasteiger partial charge < -0.3 is 20.4 Å². The molecule has 3 heterocycles. The predicted molar refractivity (Wildman–Crippen MR) is 169 cm³/mol. The van der Waals surface area contributed by atoms with Gasteiger partial charge in [-0.2, -0.15) is 13.2 Å². The number of nitrogen functional groups attached to an aromatic ring is 1. The molecule has 10 nitrogen and oxygen atoms in total. The van der Waals surface area contributed by atoms with Crippen molar-refractivity contribution in [3.63, 3.8) is 0 Å². The van der Waals surface area contributed by atoms with Crippen molar-refractivity contribution in [2.45, 2.75) is 56.8 Å². The topological polar surface area (TPSA) is 121 Å². The Kier molecular flexibility index (Phi) is 10.1. The summed E-state index contributed by atoms with van der Waals surface area (Å²) < 4.78 is 42.6. The summed E-state index contributed by atoms with van der Waals surface area (Å²) in [6.45, 7) is 1.70. The Morgan fingerprint density at radius 1 is 1.04 bits per heavy atom. The van der Waals surface area contributed by atoms with Gasteiger partial charge in [0, 0.05) is 44.2 Å². The number of hydrogen-bond donors (Lipinski definition) is 2. The summed E-state index contributed by atoms with van der Waals surface area (Å²) in [5.74, 6) is -0.948. The van der Waals surface area contributed by atoms with Crippen LogP contribution in [0.2, 0.25) is 5.02 Å². The Hall–Kier alpha value is -3.84. The molecule has 2 aliphatic heterocycles. The minimum absolute atomic E-state index is 0.0946. The Morgan fingerprint density at radius 2 is 1.67 bits per heavy atom. The van der Waals surface area contributed by atoms with E-state index in [-0.39, 0.29) is 47.0 Å². The maximum absolute atomic E-state index is 13.8. The minimum Gasteiger partial charge on any atom is -0.397 e. The second kappa shape index (κ2) is 13.9. The molecule has 0 radical (unpaired) electrons. The molecule has 0 aliphatic carbocycles. The van der Waals surface area contributed by atoms with Crippen molar-refractivity contribution in [1.29, 1.82) is 0 Å². The third-order valence-electron chi connectivity index (χ3n) is 9.10. The summed E-state index contributed by atoms with van der Waals surface area (Å²) in [7, 11) is 3.97. The van der Waals surface area contributed by atoms with Gasteiger partial charge in [0.05, 0.1) is 28.2 Å². The molecule has 2 fully saturated rings. The number of rotatable bonds is 8. The zero-order valence-electron chi connectivity index (χ0n) is 25.9. The fourth-order valence-electron chi connectivity index (χ4n) is 6.43. The van der Waals surface area contributed by atoms with Gasteiger partial charge in [0.15, 0.2) is 5.82 Å². The molecular weight excluding hydrogens is 623 g/mol. The molecule has 5 rings (SSSR count). The summed E-state index contributed by atoms with van der Waals surface area (Å²) in [6, 6.07) is 11.7. The maximum Gasteiger partial charge on any atom is 0.418 e. The van der Waals surface area contributed by atoms with Gasteiger partial charge >= 0.3 is 11.9 Å². The minimum atomic E-state index is -4.73. The normalized spacial score (nSPS) is 17.5. The molecule has 3 N–H and O–H groups in total. The molecule has 0 spiro atoms. The number of halogens is 4. The number of aromatic nitrogens is 3. The summed E-state index contributed by atoms with van der Waals surface area (Å²) in [5, 5.41) is 4.24. The highest BCUT2D eigenvalue weighted by molar-refractivity contribution is 6.33. The van der Waals surface area contributed by atoms with E-state index in [0.717, 1.165) is 24.5 Å². The number of piperidine rings is 2. The monoisotopic (exact) mass is 661 g/mol. The van der Waals surface area contributed by atoms with Crippen LogP contribution in [0.1, 0.15) is 49.3 Å². The van der Waals surface area contributed by atoms with Crippen molar-refractivity contribution in [3.05, 3.63) is 69.1 Å². The first-order valence-electron chi connectivity index (χ1n) is 15.4. The molecule has 0 bridgehead atoms. The number of likely N-dealkylation sites (tertiary alicyclic amines) is 2. The van der Waals surface area contributed by atoms with Crippen LogP contribution >= 0.6 is 11.6 Å². The largest absolute Gasteiger partial charge is 0.418 e. The lowest BCUT2D eigenvalue weighted by Crippen LogP contribution is -2.48. The fourth-order valence-corrected chi connectivity index (χ4v) is 6.67. The summed E-state index contributed by atoms with van der Waals surface area (Å²) in [4.78, 5) is 48.4. The molecule has 2 saturated heterocycles. The summed E-state index contributed by atoms with van der Waals surface area (Å²) in [5.41, 5.74) is 4.65. The van der Waals surface area contributed by atoms with Gasteiger partial charge in [0.2, 0.25) is 11.8 Å². The van der Waals surface area contributed by atoms with Crippen molar-refractivity contribution in [3.8, 4) is 11.4 Å². The highest BCUT2D eigenvalue weighted by Crippen LogP contribution is 2.38. The number of hydrogen-bond acceptors (Lipinski definition) is 6. The lowest BCUT2D eigenvalue weighted by atomic mass is 9.91. The molecule has 1 aromatic heterocycles. The average molecular weight is 662 g/mol. The van der Waals surface area contributed by atoms with Gasteiger partial charge in [0.1, 0.15) is 0 Å². The third kappa shape index (κ3) is 7.58. The average Bonchev–Trinajstić information content (AvgIpc) is 3.43. The van der Waals surface area contributed by atoms with Crippen molar-refractivity contribution in [2.24, 2.45) is 5.92 Å². The Morgan fingerprint density at radius 3 is 2.28 bits per heavy atom. The first-order valence-corrected chi connectivity index (χ1v) is 15.8. The Bertz CT molecular complexity index is 1590. The van der Waals surface area contributed by atoms with Gasteiger partial charge in [0.25, 0.3) is 0 Å². The van der Waals surface area contributed by atoms with Crippen LogP contribution in [0.3, 0.4) is 0 Å². The van der Waals surface area contributed by atoms with E-state index in [9.17, 15) is 27.6 Å². The molecule has 0 saturated carbocycles. The van der Waals surface area contributed by atoms with E-state index in [0.29, 0.717) is 50.9 Å². The van der Waals surface area contributed by atoms with Crippen LogP contribution in [0.15, 0.2) is 47.3 Å². The molecule has 248 valence electrons. The van der Waals surface area contributed by atoms with Crippen molar-refractivity contribution >= 4 is 29.1 Å². The molecule has 1 atom stereocenters. The predicted octanol–water partition coefficient (Wildman–Crippen LogP) is 4.46. The number of carbonyl (C=O) groups excluding carboxylic acids is 2. The highest BCUT2D eigenvalue weighted by Gasteiger charge is 2.36. The van der Waals surface area contributed by atoms with Gasteiger partial charge in [-0.1, -0.05) is 41.9 Å². The van der Waals surface area contributed by atoms with Crippen LogP contribution < -0.4 is 11.4 Å². The molecule has 0 unspecified atom stereocenters. The lowest BCUT2D eigenvalue weighted by Gasteiger charge is -2.37. The third-order valence-corrected chi connectivity index (χ3v) is 9.42. The van der Waals surface area contributed by atoms with Gasteiger partial charge in [-0.25, -0.2) is 9.48 Å². The molecule has 2 aliphatic rings. The van der Waals surface area contributed by atoms with E-state index in [1.54, 1.807) is 9.80 Å². The summed E-state index contributed by atoms with van der Waals surface area (Å²) in [6.07, 6.45) is -2.48. The first-order chi connectivity index (χ1) is 21.8. The van der Waals surface area contributed by atoms with E-state index in [1.807, 2.05) is 44.4 Å². The van der Waals surface area contributed by atoms with E-state index in [2.05, 4.69) is 15.0 Å². The number of carbonyl (C=O) groups is 2. The SMILES string of the molecule is CN(C)C1CCN(C(=O)[C@H](CC(=O)N2CCC(n3nc(-c4ccccc4)[nH]c3=O)CC2)Cc2cc(Cl)c(N)c(C(F)(F)F)c2)CC1. The number of nitrogens with two attached hydrogens (primary N) is 1. The zero-order valence-corrected chi connectivity index (χ0v) is 26.7.